The highest BCUT2D eigenvalue weighted by Crippen LogP contribution is 2.34. The summed E-state index contributed by atoms with van der Waals surface area (Å²) in [5.41, 5.74) is 8.56. The van der Waals surface area contributed by atoms with Gasteiger partial charge in [0.15, 0.2) is 0 Å². The van der Waals surface area contributed by atoms with Gasteiger partial charge in [-0.3, -0.25) is 0 Å². The van der Waals surface area contributed by atoms with Crippen molar-refractivity contribution in [3.05, 3.63) is 89.4 Å². The minimum Gasteiger partial charge on any atom is -0.490 e. The Morgan fingerprint density at radius 3 is 2.21 bits per heavy atom. The Morgan fingerprint density at radius 2 is 1.61 bits per heavy atom. The zero-order valence-electron chi connectivity index (χ0n) is 21.6. The molecule has 0 unspecified atom stereocenters. The van der Waals surface area contributed by atoms with Crippen LogP contribution in [0, 0.1) is 6.92 Å². The van der Waals surface area contributed by atoms with Gasteiger partial charge in [-0.2, -0.15) is 0 Å². The van der Waals surface area contributed by atoms with E-state index < -0.39 is 6.09 Å². The molecule has 2 aromatic heterocycles. The van der Waals surface area contributed by atoms with Crippen molar-refractivity contribution >= 4 is 6.09 Å². The van der Waals surface area contributed by atoms with Crippen molar-refractivity contribution in [3.8, 4) is 23.1 Å². The van der Waals surface area contributed by atoms with E-state index in [1.165, 1.54) is 5.56 Å². The summed E-state index contributed by atoms with van der Waals surface area (Å²) in [6, 6.07) is 21.9. The monoisotopic (exact) mass is 514 g/mol. The van der Waals surface area contributed by atoms with Gasteiger partial charge >= 0.3 is 6.09 Å². The fourth-order valence-corrected chi connectivity index (χ4v) is 4.39. The van der Waals surface area contributed by atoms with E-state index in [1.807, 2.05) is 42.5 Å². The normalized spacial score (nSPS) is 16.9. The third-order valence-corrected chi connectivity index (χ3v) is 6.73. The second kappa shape index (κ2) is 10.5. The first-order valence-corrected chi connectivity index (χ1v) is 12.5. The van der Waals surface area contributed by atoms with Crippen LogP contribution in [0.25, 0.3) is 11.6 Å². The van der Waals surface area contributed by atoms with E-state index in [9.17, 15) is 4.79 Å². The van der Waals surface area contributed by atoms with Crippen LogP contribution in [0.3, 0.4) is 0 Å². The highest BCUT2D eigenvalue weighted by molar-refractivity contribution is 5.64. The molecular formula is C29H30N4O5. The molecule has 2 N–H and O–H groups in total. The van der Waals surface area contributed by atoms with Crippen molar-refractivity contribution in [2.75, 3.05) is 0 Å². The summed E-state index contributed by atoms with van der Waals surface area (Å²) in [5, 5.41) is 7.88. The largest absolute Gasteiger partial charge is 0.490 e. The summed E-state index contributed by atoms with van der Waals surface area (Å²) in [4.78, 5) is 15.4. The third kappa shape index (κ3) is 5.77. The number of carbonyl (C=O) groups excluding carboxylic acids is 1. The highest BCUT2D eigenvalue weighted by Gasteiger charge is 2.33. The second-order valence-electron chi connectivity index (χ2n) is 9.87. The molecule has 0 bridgehead atoms. The molecule has 0 aliphatic heterocycles. The molecule has 4 aromatic rings. The maximum absolute atomic E-state index is 10.8. The summed E-state index contributed by atoms with van der Waals surface area (Å²) < 4.78 is 22.4. The number of hydrogen-bond acceptors (Lipinski definition) is 8. The Hall–Kier alpha value is -4.40. The molecule has 2 aromatic carbocycles. The minimum absolute atomic E-state index is 0.0337. The number of nitrogens with zero attached hydrogens (tertiary/aromatic N) is 3. The van der Waals surface area contributed by atoms with Gasteiger partial charge in [0.2, 0.25) is 5.89 Å². The van der Waals surface area contributed by atoms with Crippen LogP contribution in [0.4, 0.5) is 4.79 Å². The lowest BCUT2D eigenvalue weighted by Gasteiger charge is -2.34. The van der Waals surface area contributed by atoms with Gasteiger partial charge in [0.1, 0.15) is 36.0 Å². The fourth-order valence-electron chi connectivity index (χ4n) is 4.39. The molecule has 9 nitrogen and oxygen atoms in total. The van der Waals surface area contributed by atoms with Crippen LogP contribution in [-0.4, -0.2) is 33.5 Å². The van der Waals surface area contributed by atoms with E-state index in [0.29, 0.717) is 36.9 Å². The predicted octanol–water partition coefficient (Wildman–Crippen LogP) is 5.35. The van der Waals surface area contributed by atoms with Crippen molar-refractivity contribution in [1.82, 2.24) is 15.2 Å². The van der Waals surface area contributed by atoms with Gasteiger partial charge in [-0.15, -0.1) is 10.2 Å². The SMILES string of the molecule is Cc1nnc(-c2cccc(COc3ccc(C(C)(C)c4ccc(O[C@H]5C[C@H](OC(N)=O)C5)cc4)cc3)n2)o1. The van der Waals surface area contributed by atoms with Crippen LogP contribution < -0.4 is 15.2 Å². The van der Waals surface area contributed by atoms with Crippen LogP contribution in [0.15, 0.2) is 71.1 Å². The number of amides is 1. The number of benzene rings is 2. The molecule has 0 radical (unpaired) electrons. The van der Waals surface area contributed by atoms with Crippen LogP contribution in [0.1, 0.15) is 49.4 Å². The Kier molecular flexibility index (Phi) is 7.00. The van der Waals surface area contributed by atoms with E-state index in [2.05, 4.69) is 53.3 Å². The number of carbonyl (C=O) groups is 1. The first-order chi connectivity index (χ1) is 18.3. The molecule has 0 saturated heterocycles. The van der Waals surface area contributed by atoms with Crippen molar-refractivity contribution < 1.29 is 23.4 Å². The first kappa shape index (κ1) is 25.3. The van der Waals surface area contributed by atoms with Gasteiger partial charge in [-0.05, 0) is 47.5 Å². The van der Waals surface area contributed by atoms with E-state index >= 15 is 0 Å². The molecule has 1 amide bonds. The summed E-state index contributed by atoms with van der Waals surface area (Å²) in [7, 11) is 0. The van der Waals surface area contributed by atoms with Crippen molar-refractivity contribution in [2.45, 2.75) is 57.8 Å². The third-order valence-electron chi connectivity index (χ3n) is 6.73. The average molecular weight is 515 g/mol. The molecule has 1 aliphatic rings. The summed E-state index contributed by atoms with van der Waals surface area (Å²) in [6.07, 6.45) is 0.462. The number of ether oxygens (including phenoxy) is 3. The molecule has 0 atom stereocenters. The number of rotatable bonds is 9. The predicted molar refractivity (Wildman–Crippen MR) is 140 cm³/mol. The van der Waals surface area contributed by atoms with Crippen LogP contribution in [-0.2, 0) is 16.8 Å². The second-order valence-corrected chi connectivity index (χ2v) is 9.87. The Labute approximate surface area is 221 Å². The molecule has 0 spiro atoms. The molecule has 196 valence electrons. The lowest BCUT2D eigenvalue weighted by molar-refractivity contribution is -0.0197. The van der Waals surface area contributed by atoms with Crippen molar-refractivity contribution in [3.63, 3.8) is 0 Å². The smallest absolute Gasteiger partial charge is 0.404 e. The highest BCUT2D eigenvalue weighted by atomic mass is 16.6. The van der Waals surface area contributed by atoms with Crippen LogP contribution in [0.2, 0.25) is 0 Å². The Balaban J connectivity index is 1.17. The van der Waals surface area contributed by atoms with Crippen LogP contribution >= 0.6 is 0 Å². The van der Waals surface area contributed by atoms with E-state index in [-0.39, 0.29) is 17.6 Å². The van der Waals surface area contributed by atoms with Gasteiger partial charge in [0.05, 0.1) is 5.69 Å². The summed E-state index contributed by atoms with van der Waals surface area (Å²) in [6.45, 7) is 6.44. The van der Waals surface area contributed by atoms with E-state index in [4.69, 9.17) is 24.4 Å². The molecule has 1 aliphatic carbocycles. The van der Waals surface area contributed by atoms with E-state index in [1.54, 1.807) is 6.92 Å². The standard InChI is InChI=1S/C29H30N4O5/c1-18-32-33-27(36-18)26-6-4-5-21(31-26)17-35-22-11-7-19(8-12-22)29(2,3)20-9-13-23(14-10-20)37-24-15-25(16-24)38-28(30)34/h4-14,24-25H,15-17H2,1-3H3,(H2,30,34)/t24-,25-. The molecule has 9 heteroatoms. The first-order valence-electron chi connectivity index (χ1n) is 12.5. The quantitative estimate of drug-likeness (QED) is 0.317. The number of hydrogen-bond donors (Lipinski definition) is 1. The molecule has 5 rings (SSSR count). The zero-order chi connectivity index (χ0) is 26.7. The van der Waals surface area contributed by atoms with Gasteiger partial charge in [-0.1, -0.05) is 44.2 Å². The topological polar surface area (TPSA) is 123 Å². The van der Waals surface area contributed by atoms with Crippen LogP contribution in [0.5, 0.6) is 11.5 Å². The Morgan fingerprint density at radius 1 is 0.947 bits per heavy atom. The zero-order valence-corrected chi connectivity index (χ0v) is 21.6. The van der Waals surface area contributed by atoms with Gasteiger partial charge in [-0.25, -0.2) is 9.78 Å². The number of nitrogens with two attached hydrogens (primary N) is 1. The summed E-state index contributed by atoms with van der Waals surface area (Å²) in [5.74, 6) is 2.44. The molecule has 2 heterocycles. The van der Waals surface area contributed by atoms with Crippen molar-refractivity contribution in [1.29, 1.82) is 0 Å². The maximum atomic E-state index is 10.8. The molecular weight excluding hydrogens is 484 g/mol. The fraction of sp³-hybridized carbons (Fsp3) is 0.310. The Bertz CT molecular complexity index is 1390. The van der Waals surface area contributed by atoms with E-state index in [0.717, 1.165) is 22.8 Å². The lowest BCUT2D eigenvalue weighted by atomic mass is 9.78. The number of aromatic nitrogens is 3. The minimum atomic E-state index is -0.738. The lowest BCUT2D eigenvalue weighted by Crippen LogP contribution is -2.41. The number of pyridine rings is 1. The van der Waals surface area contributed by atoms with Gasteiger partial charge < -0.3 is 24.4 Å². The average Bonchev–Trinajstić information content (AvgIpc) is 3.33. The molecule has 1 fully saturated rings. The number of aryl methyl sites for hydroxylation is 1. The van der Waals surface area contributed by atoms with Crippen molar-refractivity contribution in [2.24, 2.45) is 5.73 Å². The van der Waals surface area contributed by atoms with Gasteiger partial charge in [0, 0.05) is 25.2 Å². The summed E-state index contributed by atoms with van der Waals surface area (Å²) >= 11 is 0. The van der Waals surface area contributed by atoms with Gasteiger partial charge in [0.25, 0.3) is 5.89 Å². The molecule has 38 heavy (non-hydrogen) atoms. The molecule has 1 saturated carbocycles. The number of primary amides is 1. The maximum Gasteiger partial charge on any atom is 0.404 e.